The zero-order valence-electron chi connectivity index (χ0n) is 16.6. The standard InChI is InChI=1S/C21H20F6N2O3/c22-20(23,24)15-8-13(9-16(10-15)21(25,26)27)12-32-19-18(14-4-2-1-3-5-14)29(6-7-31-19)11-17(28)30/h1-5,8-10,18-19H,6-7,11-12H2,(H2,28,30)/t18-,19-/m1/s1. The van der Waals surface area contributed by atoms with Gasteiger partial charge in [0, 0.05) is 6.54 Å². The molecule has 2 N–H and O–H groups in total. The van der Waals surface area contributed by atoms with E-state index in [1.807, 2.05) is 0 Å². The van der Waals surface area contributed by atoms with Crippen LogP contribution in [0.1, 0.15) is 28.3 Å². The summed E-state index contributed by atoms with van der Waals surface area (Å²) in [6.07, 6.45) is -11.0. The number of ether oxygens (including phenoxy) is 2. The van der Waals surface area contributed by atoms with Crippen LogP contribution >= 0.6 is 0 Å². The fraction of sp³-hybridized carbons (Fsp3) is 0.381. The lowest BCUT2D eigenvalue weighted by Crippen LogP contribution is -2.49. The summed E-state index contributed by atoms with van der Waals surface area (Å²) in [5, 5.41) is 0. The second kappa shape index (κ2) is 9.47. The van der Waals surface area contributed by atoms with E-state index in [-0.39, 0.29) is 24.8 Å². The van der Waals surface area contributed by atoms with Crippen LogP contribution in [0, 0.1) is 0 Å². The first kappa shape index (κ1) is 24.0. The Kier molecular flexibility index (Phi) is 7.11. The van der Waals surface area contributed by atoms with Gasteiger partial charge in [-0.05, 0) is 29.3 Å². The lowest BCUT2D eigenvalue weighted by molar-refractivity contribution is -0.216. The molecule has 1 saturated heterocycles. The van der Waals surface area contributed by atoms with E-state index >= 15 is 0 Å². The largest absolute Gasteiger partial charge is 0.416 e. The lowest BCUT2D eigenvalue weighted by atomic mass is 10.0. The number of nitrogens with zero attached hydrogens (tertiary/aromatic N) is 1. The Morgan fingerprint density at radius 2 is 1.62 bits per heavy atom. The van der Waals surface area contributed by atoms with Gasteiger partial charge in [-0.15, -0.1) is 0 Å². The predicted molar refractivity (Wildman–Crippen MR) is 101 cm³/mol. The van der Waals surface area contributed by atoms with Gasteiger partial charge >= 0.3 is 12.4 Å². The van der Waals surface area contributed by atoms with Crippen LogP contribution in [-0.2, 0) is 33.2 Å². The van der Waals surface area contributed by atoms with Crippen molar-refractivity contribution in [1.29, 1.82) is 0 Å². The molecule has 3 rings (SSSR count). The van der Waals surface area contributed by atoms with Crippen LogP contribution in [0.5, 0.6) is 0 Å². The van der Waals surface area contributed by atoms with E-state index in [0.29, 0.717) is 24.2 Å². The monoisotopic (exact) mass is 462 g/mol. The highest BCUT2D eigenvalue weighted by Crippen LogP contribution is 2.37. The maximum atomic E-state index is 13.1. The summed E-state index contributed by atoms with van der Waals surface area (Å²) >= 11 is 0. The summed E-state index contributed by atoms with van der Waals surface area (Å²) in [5.74, 6) is -0.598. The minimum atomic E-state index is -4.96. The molecule has 0 bridgehead atoms. The Morgan fingerprint density at radius 3 is 2.16 bits per heavy atom. The van der Waals surface area contributed by atoms with E-state index < -0.39 is 48.3 Å². The number of carbonyl (C=O) groups is 1. The zero-order valence-corrected chi connectivity index (χ0v) is 16.6. The maximum Gasteiger partial charge on any atom is 0.416 e. The molecule has 32 heavy (non-hydrogen) atoms. The van der Waals surface area contributed by atoms with Crippen LogP contribution in [-0.4, -0.2) is 36.8 Å². The van der Waals surface area contributed by atoms with Crippen LogP contribution in [0.15, 0.2) is 48.5 Å². The number of carbonyl (C=O) groups excluding carboxylic acids is 1. The Balaban J connectivity index is 1.87. The van der Waals surface area contributed by atoms with Crippen LogP contribution < -0.4 is 5.73 Å². The van der Waals surface area contributed by atoms with Gasteiger partial charge in [-0.3, -0.25) is 9.69 Å². The number of rotatable bonds is 6. The highest BCUT2D eigenvalue weighted by Gasteiger charge is 2.38. The topological polar surface area (TPSA) is 64.8 Å². The van der Waals surface area contributed by atoms with Crippen LogP contribution in [0.4, 0.5) is 26.3 Å². The summed E-state index contributed by atoms with van der Waals surface area (Å²) in [5.41, 5.74) is 2.84. The van der Waals surface area contributed by atoms with Crippen molar-refractivity contribution in [3.63, 3.8) is 0 Å². The Morgan fingerprint density at radius 1 is 1.03 bits per heavy atom. The average molecular weight is 462 g/mol. The quantitative estimate of drug-likeness (QED) is 0.656. The molecule has 1 amide bonds. The number of amides is 1. The molecule has 0 spiro atoms. The molecule has 0 unspecified atom stereocenters. The van der Waals surface area contributed by atoms with Gasteiger partial charge in [0.2, 0.25) is 5.91 Å². The first-order valence-corrected chi connectivity index (χ1v) is 9.54. The number of primary amides is 1. The van der Waals surface area contributed by atoms with Crippen molar-refractivity contribution < 1.29 is 40.6 Å². The maximum absolute atomic E-state index is 13.1. The van der Waals surface area contributed by atoms with Crippen LogP contribution in [0.25, 0.3) is 0 Å². The van der Waals surface area contributed by atoms with Gasteiger partial charge in [0.15, 0.2) is 6.29 Å². The van der Waals surface area contributed by atoms with Gasteiger partial charge in [-0.1, -0.05) is 30.3 Å². The normalized spacial score (nSPS) is 20.3. The highest BCUT2D eigenvalue weighted by molar-refractivity contribution is 5.76. The average Bonchev–Trinajstić information content (AvgIpc) is 2.71. The predicted octanol–water partition coefficient (Wildman–Crippen LogP) is 4.13. The van der Waals surface area contributed by atoms with Gasteiger partial charge in [0.05, 0.1) is 36.9 Å². The minimum absolute atomic E-state index is 0.0575. The van der Waals surface area contributed by atoms with Crippen molar-refractivity contribution >= 4 is 5.91 Å². The van der Waals surface area contributed by atoms with Crippen molar-refractivity contribution in [2.45, 2.75) is 31.3 Å². The Labute approximate surface area is 179 Å². The van der Waals surface area contributed by atoms with Crippen LogP contribution in [0.2, 0.25) is 0 Å². The molecular formula is C21H20F6N2O3. The molecule has 5 nitrogen and oxygen atoms in total. The summed E-state index contributed by atoms with van der Waals surface area (Å²) in [4.78, 5) is 13.2. The molecule has 0 aromatic heterocycles. The van der Waals surface area contributed by atoms with Crippen molar-refractivity contribution in [2.24, 2.45) is 5.73 Å². The molecule has 1 aliphatic heterocycles. The minimum Gasteiger partial charge on any atom is -0.369 e. The zero-order chi connectivity index (χ0) is 23.5. The number of hydrogen-bond acceptors (Lipinski definition) is 4. The number of alkyl halides is 6. The van der Waals surface area contributed by atoms with Crippen molar-refractivity contribution in [2.75, 3.05) is 19.7 Å². The first-order valence-electron chi connectivity index (χ1n) is 9.54. The number of benzene rings is 2. The number of nitrogens with two attached hydrogens (primary N) is 1. The molecule has 174 valence electrons. The molecule has 2 atom stereocenters. The SMILES string of the molecule is NC(=O)CN1CCO[C@H](OCc2cc(C(F)(F)F)cc(C(F)(F)F)c2)[C@H]1c1ccccc1. The number of morpholine rings is 1. The van der Waals surface area contributed by atoms with Gasteiger partial charge < -0.3 is 15.2 Å². The van der Waals surface area contributed by atoms with Crippen molar-refractivity contribution in [1.82, 2.24) is 4.90 Å². The molecule has 0 radical (unpaired) electrons. The van der Waals surface area contributed by atoms with Crippen molar-refractivity contribution in [3.8, 4) is 0 Å². The summed E-state index contributed by atoms with van der Waals surface area (Å²) < 4.78 is 89.9. The summed E-state index contributed by atoms with van der Waals surface area (Å²) in [7, 11) is 0. The fourth-order valence-corrected chi connectivity index (χ4v) is 3.50. The number of halogens is 6. The van der Waals surface area contributed by atoms with E-state index in [9.17, 15) is 31.1 Å². The van der Waals surface area contributed by atoms with E-state index in [1.165, 1.54) is 0 Å². The summed E-state index contributed by atoms with van der Waals surface area (Å²) in [6.45, 7) is -0.211. The third kappa shape index (κ3) is 5.99. The van der Waals surface area contributed by atoms with E-state index in [2.05, 4.69) is 0 Å². The fourth-order valence-electron chi connectivity index (χ4n) is 3.50. The molecule has 11 heteroatoms. The smallest absolute Gasteiger partial charge is 0.369 e. The van der Waals surface area contributed by atoms with Crippen LogP contribution in [0.3, 0.4) is 0 Å². The molecule has 1 heterocycles. The Hall–Kier alpha value is -2.63. The third-order valence-corrected chi connectivity index (χ3v) is 4.87. The van der Waals surface area contributed by atoms with E-state index in [4.69, 9.17) is 15.2 Å². The van der Waals surface area contributed by atoms with Gasteiger partial charge in [0.1, 0.15) is 0 Å². The van der Waals surface area contributed by atoms with Gasteiger partial charge in [-0.25, -0.2) is 0 Å². The molecule has 2 aromatic carbocycles. The molecular weight excluding hydrogens is 442 g/mol. The second-order valence-corrected chi connectivity index (χ2v) is 7.26. The lowest BCUT2D eigenvalue weighted by Gasteiger charge is -2.40. The van der Waals surface area contributed by atoms with Gasteiger partial charge in [-0.2, -0.15) is 26.3 Å². The molecule has 0 aliphatic carbocycles. The first-order chi connectivity index (χ1) is 14.9. The van der Waals surface area contributed by atoms with Crippen molar-refractivity contribution in [3.05, 3.63) is 70.8 Å². The molecule has 2 aromatic rings. The second-order valence-electron chi connectivity index (χ2n) is 7.26. The number of hydrogen-bond donors (Lipinski definition) is 1. The third-order valence-electron chi connectivity index (χ3n) is 4.87. The highest BCUT2D eigenvalue weighted by atomic mass is 19.4. The Bertz CT molecular complexity index is 901. The molecule has 1 aliphatic rings. The van der Waals surface area contributed by atoms with E-state index in [1.54, 1.807) is 35.2 Å². The molecule has 1 fully saturated rings. The molecule has 0 saturated carbocycles. The van der Waals surface area contributed by atoms with E-state index in [0.717, 1.165) is 0 Å². The summed E-state index contributed by atoms with van der Waals surface area (Å²) in [6, 6.07) is 9.38. The van der Waals surface area contributed by atoms with Gasteiger partial charge in [0.25, 0.3) is 0 Å².